The Morgan fingerprint density at radius 3 is 2.41 bits per heavy atom. The number of hydrogen-bond acceptors (Lipinski definition) is 2. The Labute approximate surface area is 110 Å². The van der Waals surface area contributed by atoms with Gasteiger partial charge in [-0.25, -0.2) is 4.98 Å². The summed E-state index contributed by atoms with van der Waals surface area (Å²) in [7, 11) is 0. The molecule has 1 aromatic carbocycles. The Morgan fingerprint density at radius 2 is 1.82 bits per heavy atom. The van der Waals surface area contributed by atoms with Gasteiger partial charge in [0, 0.05) is 16.8 Å². The number of hydrogen-bond donors (Lipinski definition) is 1. The van der Waals surface area contributed by atoms with E-state index in [0.29, 0.717) is 15.7 Å². The Kier molecular flexibility index (Phi) is 3.67. The summed E-state index contributed by atoms with van der Waals surface area (Å²) < 4.78 is 0. The predicted molar refractivity (Wildman–Crippen MR) is 69.5 cm³/mol. The molecule has 0 aliphatic carbocycles. The fourth-order valence-corrected chi connectivity index (χ4v) is 1.82. The minimum absolute atomic E-state index is 0.405. The highest BCUT2D eigenvalue weighted by atomic mass is 35.5. The van der Waals surface area contributed by atoms with E-state index in [4.69, 9.17) is 23.2 Å². The van der Waals surface area contributed by atoms with Gasteiger partial charge < -0.3 is 5.11 Å². The second-order valence-electron chi connectivity index (χ2n) is 3.83. The second-order valence-corrected chi connectivity index (χ2v) is 4.62. The van der Waals surface area contributed by atoms with Crippen LogP contribution in [0.15, 0.2) is 36.5 Å². The van der Waals surface area contributed by atoms with Crippen LogP contribution in [0.1, 0.15) is 22.8 Å². The molecular weight excluding hydrogens is 257 g/mol. The van der Waals surface area contributed by atoms with E-state index < -0.39 is 6.10 Å². The van der Waals surface area contributed by atoms with Gasteiger partial charge in [0.15, 0.2) is 0 Å². The molecule has 1 aromatic heterocycles. The Balaban J connectivity index is 2.33. The quantitative estimate of drug-likeness (QED) is 0.841. The summed E-state index contributed by atoms with van der Waals surface area (Å²) in [6.07, 6.45) is 0.818. The molecule has 0 spiro atoms. The lowest BCUT2D eigenvalue weighted by molar-refractivity contribution is 0.220. The van der Waals surface area contributed by atoms with Crippen molar-refractivity contribution in [1.82, 2.24) is 4.98 Å². The average Bonchev–Trinajstić information content (AvgIpc) is 2.33. The lowest BCUT2D eigenvalue weighted by atomic mass is 10.0. The highest BCUT2D eigenvalue weighted by molar-refractivity contribution is 6.31. The zero-order valence-electron chi connectivity index (χ0n) is 9.19. The maximum absolute atomic E-state index is 10.2. The molecule has 0 aliphatic heterocycles. The number of aliphatic hydroxyl groups is 1. The first-order valence-corrected chi connectivity index (χ1v) is 5.89. The van der Waals surface area contributed by atoms with Crippen molar-refractivity contribution < 1.29 is 5.11 Å². The zero-order valence-corrected chi connectivity index (χ0v) is 10.7. The Morgan fingerprint density at radius 1 is 1.12 bits per heavy atom. The summed E-state index contributed by atoms with van der Waals surface area (Å²) in [4.78, 5) is 3.94. The number of pyridine rings is 1. The van der Waals surface area contributed by atoms with Gasteiger partial charge in [0.1, 0.15) is 11.3 Å². The number of nitrogens with zero attached hydrogens (tertiary/aromatic N) is 1. The molecule has 0 aliphatic rings. The van der Waals surface area contributed by atoms with Crippen LogP contribution >= 0.6 is 23.2 Å². The monoisotopic (exact) mass is 267 g/mol. The van der Waals surface area contributed by atoms with Crippen molar-refractivity contribution in [1.29, 1.82) is 0 Å². The topological polar surface area (TPSA) is 33.1 Å². The molecule has 0 bridgehead atoms. The first-order valence-electron chi connectivity index (χ1n) is 5.13. The molecule has 0 saturated carbocycles. The maximum Gasteiger partial charge on any atom is 0.129 e. The molecule has 1 N–H and O–H groups in total. The lowest BCUT2D eigenvalue weighted by Gasteiger charge is -2.12. The third-order valence-corrected chi connectivity index (χ3v) is 3.21. The Hall–Kier alpha value is -1.09. The van der Waals surface area contributed by atoms with Crippen LogP contribution in [0.4, 0.5) is 0 Å². The molecule has 0 saturated heterocycles. The van der Waals surface area contributed by atoms with Gasteiger partial charge in [-0.15, -0.1) is 0 Å². The lowest BCUT2D eigenvalue weighted by Crippen LogP contribution is -2.00. The van der Waals surface area contributed by atoms with Crippen molar-refractivity contribution in [3.8, 4) is 0 Å². The van der Waals surface area contributed by atoms with E-state index in [0.717, 1.165) is 11.1 Å². The van der Waals surface area contributed by atoms with E-state index in [2.05, 4.69) is 4.98 Å². The normalized spacial score (nSPS) is 12.5. The molecule has 2 rings (SSSR count). The molecule has 1 atom stereocenters. The fraction of sp³-hybridized carbons (Fsp3) is 0.154. The molecule has 2 aromatic rings. The smallest absolute Gasteiger partial charge is 0.129 e. The van der Waals surface area contributed by atoms with Crippen molar-refractivity contribution >= 4 is 23.2 Å². The number of halogens is 2. The highest BCUT2D eigenvalue weighted by Gasteiger charge is 2.11. The molecule has 2 nitrogen and oxygen atoms in total. The van der Waals surface area contributed by atoms with Gasteiger partial charge in [-0.3, -0.25) is 0 Å². The molecule has 17 heavy (non-hydrogen) atoms. The summed E-state index contributed by atoms with van der Waals surface area (Å²) in [5.41, 5.74) is 2.41. The summed E-state index contributed by atoms with van der Waals surface area (Å²) in [6, 6.07) is 8.88. The molecule has 4 heteroatoms. The van der Waals surface area contributed by atoms with E-state index >= 15 is 0 Å². The van der Waals surface area contributed by atoms with Gasteiger partial charge in [-0.2, -0.15) is 0 Å². The number of aliphatic hydroxyl groups excluding tert-OH is 1. The van der Waals surface area contributed by atoms with E-state index in [1.54, 1.807) is 24.4 Å². The van der Waals surface area contributed by atoms with Gasteiger partial charge in [0.25, 0.3) is 0 Å². The summed E-state index contributed by atoms with van der Waals surface area (Å²) in [5.74, 6) is 0. The molecule has 0 amide bonds. The standard InChI is InChI=1S/C13H11Cl2NO/c1-8-2-3-9(6-11(8)14)13(17)10-4-5-12(15)16-7-10/h2-7,13,17H,1H3. The van der Waals surface area contributed by atoms with Crippen LogP contribution < -0.4 is 0 Å². The summed E-state index contributed by atoms with van der Waals surface area (Å²) >= 11 is 11.7. The largest absolute Gasteiger partial charge is 0.384 e. The molecule has 1 heterocycles. The van der Waals surface area contributed by atoms with Gasteiger partial charge in [0.2, 0.25) is 0 Å². The van der Waals surface area contributed by atoms with Crippen LogP contribution in [0.3, 0.4) is 0 Å². The van der Waals surface area contributed by atoms with E-state index in [-0.39, 0.29) is 0 Å². The van der Waals surface area contributed by atoms with Crippen LogP contribution in [0.2, 0.25) is 10.2 Å². The van der Waals surface area contributed by atoms with Crippen molar-refractivity contribution in [2.45, 2.75) is 13.0 Å². The van der Waals surface area contributed by atoms with Gasteiger partial charge >= 0.3 is 0 Å². The third kappa shape index (κ3) is 2.78. The van der Waals surface area contributed by atoms with Crippen molar-refractivity contribution in [3.63, 3.8) is 0 Å². The number of aryl methyl sites for hydroxylation is 1. The van der Waals surface area contributed by atoms with Crippen molar-refractivity contribution in [3.05, 3.63) is 63.4 Å². The van der Waals surface area contributed by atoms with Crippen molar-refractivity contribution in [2.24, 2.45) is 0 Å². The van der Waals surface area contributed by atoms with Crippen LogP contribution in [0.25, 0.3) is 0 Å². The second kappa shape index (κ2) is 5.05. The summed E-state index contributed by atoms with van der Waals surface area (Å²) in [6.45, 7) is 1.92. The maximum atomic E-state index is 10.2. The van der Waals surface area contributed by atoms with Crippen LogP contribution in [-0.4, -0.2) is 10.1 Å². The van der Waals surface area contributed by atoms with Gasteiger partial charge in [-0.1, -0.05) is 41.4 Å². The number of aromatic nitrogens is 1. The number of benzene rings is 1. The summed E-state index contributed by atoms with van der Waals surface area (Å²) in [5, 5.41) is 11.2. The first-order chi connectivity index (χ1) is 8.08. The zero-order chi connectivity index (χ0) is 12.4. The van der Waals surface area contributed by atoms with E-state index in [9.17, 15) is 5.11 Å². The third-order valence-electron chi connectivity index (χ3n) is 2.58. The Bertz CT molecular complexity index is 525. The molecule has 0 radical (unpaired) electrons. The van der Waals surface area contributed by atoms with E-state index in [1.165, 1.54) is 0 Å². The van der Waals surface area contributed by atoms with Crippen LogP contribution in [-0.2, 0) is 0 Å². The van der Waals surface area contributed by atoms with Gasteiger partial charge in [0.05, 0.1) is 0 Å². The van der Waals surface area contributed by atoms with Gasteiger partial charge in [-0.05, 0) is 30.2 Å². The molecule has 0 fully saturated rings. The van der Waals surface area contributed by atoms with Crippen LogP contribution in [0, 0.1) is 6.92 Å². The minimum atomic E-state index is -0.738. The molecular formula is C13H11Cl2NO. The first kappa shape index (κ1) is 12.4. The SMILES string of the molecule is Cc1ccc(C(O)c2ccc(Cl)nc2)cc1Cl. The fourth-order valence-electron chi connectivity index (χ4n) is 1.52. The highest BCUT2D eigenvalue weighted by Crippen LogP contribution is 2.26. The average molecular weight is 268 g/mol. The van der Waals surface area contributed by atoms with Crippen molar-refractivity contribution in [2.75, 3.05) is 0 Å². The molecule has 1 unspecified atom stereocenters. The minimum Gasteiger partial charge on any atom is -0.384 e. The van der Waals surface area contributed by atoms with Crippen LogP contribution in [0.5, 0.6) is 0 Å². The van der Waals surface area contributed by atoms with E-state index in [1.807, 2.05) is 19.1 Å². The molecule has 88 valence electrons. The number of rotatable bonds is 2. The predicted octanol–water partition coefficient (Wildman–Crippen LogP) is 3.78.